The molecule has 2 rings (SSSR count). The van der Waals surface area contributed by atoms with Crippen LogP contribution in [0.15, 0.2) is 24.3 Å². The number of nitrogens with zero attached hydrogens (tertiary/aromatic N) is 2. The van der Waals surface area contributed by atoms with Crippen molar-refractivity contribution >= 4 is 34.7 Å². The topological polar surface area (TPSA) is 37.8 Å². The number of aryl methyl sites for hydroxylation is 1. The number of benzene rings is 1. The third kappa shape index (κ3) is 3.62. The Labute approximate surface area is 129 Å². The van der Waals surface area contributed by atoms with E-state index in [1.54, 1.807) is 6.07 Å². The van der Waals surface area contributed by atoms with Crippen molar-refractivity contribution in [3.8, 4) is 0 Å². The Morgan fingerprint density at radius 1 is 1.05 bits per heavy atom. The van der Waals surface area contributed by atoms with Gasteiger partial charge in [-0.15, -0.1) is 0 Å². The lowest BCUT2D eigenvalue weighted by Gasteiger charge is -2.18. The summed E-state index contributed by atoms with van der Waals surface area (Å²) in [6, 6.07) is 7.38. The standard InChI is InChI=1S/C15H17Cl2N3/c1-9-5-6-10(16)7-11(9)18-13-8-12(17)19-14(20-13)15(2,3)4/h5-8H,1-4H3,(H,18,19,20). The van der Waals surface area contributed by atoms with Crippen molar-refractivity contribution < 1.29 is 0 Å². The first-order valence-corrected chi connectivity index (χ1v) is 7.09. The molecule has 0 amide bonds. The van der Waals surface area contributed by atoms with Crippen molar-refractivity contribution in [3.63, 3.8) is 0 Å². The van der Waals surface area contributed by atoms with Gasteiger partial charge in [0.1, 0.15) is 16.8 Å². The Hall–Kier alpha value is -1.32. The van der Waals surface area contributed by atoms with Crippen LogP contribution in [0.2, 0.25) is 10.2 Å². The highest BCUT2D eigenvalue weighted by Crippen LogP contribution is 2.26. The minimum atomic E-state index is -0.162. The summed E-state index contributed by atoms with van der Waals surface area (Å²) in [4.78, 5) is 8.80. The molecule has 5 heteroatoms. The first-order chi connectivity index (χ1) is 9.25. The number of hydrogen-bond donors (Lipinski definition) is 1. The molecule has 20 heavy (non-hydrogen) atoms. The molecule has 1 aromatic heterocycles. The average Bonchev–Trinajstić information content (AvgIpc) is 2.32. The number of hydrogen-bond acceptors (Lipinski definition) is 3. The molecule has 1 aromatic carbocycles. The van der Waals surface area contributed by atoms with Crippen LogP contribution in [0.4, 0.5) is 11.5 Å². The maximum atomic E-state index is 6.08. The van der Waals surface area contributed by atoms with Crippen molar-refractivity contribution in [1.29, 1.82) is 0 Å². The maximum Gasteiger partial charge on any atom is 0.137 e. The van der Waals surface area contributed by atoms with E-state index in [1.807, 2.05) is 45.9 Å². The Kier molecular flexibility index (Phi) is 4.21. The van der Waals surface area contributed by atoms with E-state index >= 15 is 0 Å². The lowest BCUT2D eigenvalue weighted by molar-refractivity contribution is 0.546. The molecular formula is C15H17Cl2N3. The van der Waals surface area contributed by atoms with Gasteiger partial charge < -0.3 is 5.32 Å². The monoisotopic (exact) mass is 309 g/mol. The smallest absolute Gasteiger partial charge is 0.137 e. The fourth-order valence-electron chi connectivity index (χ4n) is 1.68. The quantitative estimate of drug-likeness (QED) is 0.781. The molecule has 0 radical (unpaired) electrons. The molecule has 2 aromatic rings. The summed E-state index contributed by atoms with van der Waals surface area (Å²) in [6.45, 7) is 8.15. The van der Waals surface area contributed by atoms with Crippen LogP contribution in [-0.4, -0.2) is 9.97 Å². The van der Waals surface area contributed by atoms with Gasteiger partial charge in [-0.2, -0.15) is 0 Å². The highest BCUT2D eigenvalue weighted by molar-refractivity contribution is 6.31. The zero-order valence-corrected chi connectivity index (χ0v) is 13.5. The first kappa shape index (κ1) is 15.1. The molecule has 0 saturated carbocycles. The van der Waals surface area contributed by atoms with Gasteiger partial charge in [0.05, 0.1) is 0 Å². The summed E-state index contributed by atoms with van der Waals surface area (Å²) in [5.41, 5.74) is 1.83. The molecule has 0 aliphatic carbocycles. The van der Waals surface area contributed by atoms with Crippen molar-refractivity contribution in [2.45, 2.75) is 33.1 Å². The van der Waals surface area contributed by atoms with E-state index in [0.29, 0.717) is 21.8 Å². The number of nitrogens with one attached hydrogen (secondary N) is 1. The molecule has 1 heterocycles. The van der Waals surface area contributed by atoms with Crippen LogP contribution in [0, 0.1) is 6.92 Å². The number of rotatable bonds is 2. The van der Waals surface area contributed by atoms with E-state index in [2.05, 4.69) is 15.3 Å². The molecule has 0 unspecified atom stereocenters. The average molecular weight is 310 g/mol. The lowest BCUT2D eigenvalue weighted by Crippen LogP contribution is -2.16. The summed E-state index contributed by atoms with van der Waals surface area (Å²) in [5.74, 6) is 1.37. The second kappa shape index (κ2) is 5.58. The summed E-state index contributed by atoms with van der Waals surface area (Å²) in [5, 5.41) is 4.34. The molecule has 0 saturated heterocycles. The molecular weight excluding hydrogens is 293 g/mol. The minimum Gasteiger partial charge on any atom is -0.340 e. The summed E-state index contributed by atoms with van der Waals surface area (Å²) >= 11 is 12.1. The lowest BCUT2D eigenvalue weighted by atomic mass is 9.96. The SMILES string of the molecule is Cc1ccc(Cl)cc1Nc1cc(Cl)nc(C(C)(C)C)n1. The fourth-order valence-corrected chi connectivity index (χ4v) is 2.04. The Morgan fingerprint density at radius 3 is 2.40 bits per heavy atom. The van der Waals surface area contributed by atoms with Gasteiger partial charge in [-0.25, -0.2) is 9.97 Å². The number of halogens is 2. The predicted octanol–water partition coefficient (Wildman–Crippen LogP) is 5.13. The van der Waals surface area contributed by atoms with Crippen molar-refractivity contribution in [1.82, 2.24) is 9.97 Å². The van der Waals surface area contributed by atoms with E-state index in [9.17, 15) is 0 Å². The highest BCUT2D eigenvalue weighted by Gasteiger charge is 2.19. The zero-order chi connectivity index (χ0) is 14.9. The molecule has 0 aliphatic heterocycles. The molecule has 0 atom stereocenters. The van der Waals surface area contributed by atoms with Gasteiger partial charge >= 0.3 is 0 Å². The summed E-state index contributed by atoms with van der Waals surface area (Å²) in [6.07, 6.45) is 0. The molecule has 1 N–H and O–H groups in total. The summed E-state index contributed by atoms with van der Waals surface area (Å²) < 4.78 is 0. The van der Waals surface area contributed by atoms with Gasteiger partial charge in [0.15, 0.2) is 0 Å². The molecule has 0 aliphatic rings. The van der Waals surface area contributed by atoms with Crippen molar-refractivity contribution in [2.75, 3.05) is 5.32 Å². The van der Waals surface area contributed by atoms with Crippen LogP contribution in [-0.2, 0) is 5.41 Å². The Bertz CT molecular complexity index is 634. The van der Waals surface area contributed by atoms with Gasteiger partial charge in [-0.1, -0.05) is 50.0 Å². The normalized spacial score (nSPS) is 11.5. The predicted molar refractivity (Wildman–Crippen MR) is 85.2 cm³/mol. The minimum absolute atomic E-state index is 0.162. The van der Waals surface area contributed by atoms with Gasteiger partial charge in [0.2, 0.25) is 0 Å². The Morgan fingerprint density at radius 2 is 1.75 bits per heavy atom. The number of anilines is 2. The molecule has 0 spiro atoms. The van der Waals surface area contributed by atoms with E-state index in [0.717, 1.165) is 11.3 Å². The van der Waals surface area contributed by atoms with E-state index in [-0.39, 0.29) is 5.41 Å². The summed E-state index contributed by atoms with van der Waals surface area (Å²) in [7, 11) is 0. The largest absolute Gasteiger partial charge is 0.340 e. The fraction of sp³-hybridized carbons (Fsp3) is 0.333. The molecule has 0 bridgehead atoms. The Balaban J connectivity index is 2.39. The van der Waals surface area contributed by atoms with Crippen LogP contribution in [0.5, 0.6) is 0 Å². The van der Waals surface area contributed by atoms with Crippen LogP contribution >= 0.6 is 23.2 Å². The van der Waals surface area contributed by atoms with Gasteiger partial charge in [-0.3, -0.25) is 0 Å². The van der Waals surface area contributed by atoms with Crippen molar-refractivity contribution in [2.24, 2.45) is 0 Å². The van der Waals surface area contributed by atoms with Crippen molar-refractivity contribution in [3.05, 3.63) is 45.8 Å². The van der Waals surface area contributed by atoms with Crippen LogP contribution in [0.1, 0.15) is 32.2 Å². The van der Waals surface area contributed by atoms with Gasteiger partial charge in [-0.05, 0) is 24.6 Å². The molecule has 0 fully saturated rings. The molecule has 3 nitrogen and oxygen atoms in total. The number of aromatic nitrogens is 2. The van der Waals surface area contributed by atoms with E-state index in [1.165, 1.54) is 0 Å². The van der Waals surface area contributed by atoms with Gasteiger partial charge in [0, 0.05) is 22.2 Å². The van der Waals surface area contributed by atoms with Crippen LogP contribution in [0.3, 0.4) is 0 Å². The van der Waals surface area contributed by atoms with Gasteiger partial charge in [0.25, 0.3) is 0 Å². The third-order valence-corrected chi connectivity index (χ3v) is 3.26. The van der Waals surface area contributed by atoms with Crippen LogP contribution < -0.4 is 5.32 Å². The maximum absolute atomic E-state index is 6.08. The molecule has 106 valence electrons. The third-order valence-electron chi connectivity index (χ3n) is 2.83. The highest BCUT2D eigenvalue weighted by atomic mass is 35.5. The van der Waals surface area contributed by atoms with E-state index < -0.39 is 0 Å². The van der Waals surface area contributed by atoms with E-state index in [4.69, 9.17) is 23.2 Å². The first-order valence-electron chi connectivity index (χ1n) is 6.34. The zero-order valence-electron chi connectivity index (χ0n) is 12.0. The second-order valence-electron chi connectivity index (χ2n) is 5.73. The second-order valence-corrected chi connectivity index (χ2v) is 6.56. The van der Waals surface area contributed by atoms with Crippen LogP contribution in [0.25, 0.3) is 0 Å².